The van der Waals surface area contributed by atoms with E-state index in [4.69, 9.17) is 5.73 Å². The lowest BCUT2D eigenvalue weighted by molar-refractivity contribution is -0.124. The Morgan fingerprint density at radius 2 is 1.97 bits per heavy atom. The van der Waals surface area contributed by atoms with E-state index in [1.54, 1.807) is 6.20 Å². The average Bonchev–Trinajstić information content (AvgIpc) is 3.12. The van der Waals surface area contributed by atoms with Crippen LogP contribution in [0.25, 0.3) is 11.4 Å². The number of carbonyl (C=O) groups is 2. The van der Waals surface area contributed by atoms with E-state index in [1.165, 1.54) is 6.20 Å². The number of hydrogen-bond acceptors (Lipinski definition) is 5. The van der Waals surface area contributed by atoms with E-state index in [1.807, 2.05) is 54.9 Å². The van der Waals surface area contributed by atoms with Crippen molar-refractivity contribution in [3.05, 3.63) is 66.0 Å². The molecule has 3 rings (SSSR count). The second-order valence-corrected chi connectivity index (χ2v) is 6.85. The second-order valence-electron chi connectivity index (χ2n) is 6.85. The number of benzene rings is 1. The molecule has 3 aromatic rings. The maximum atomic E-state index is 12.4. The molecular formula is C21H24N6O2. The number of primary amides is 1. The first-order valence-electron chi connectivity index (χ1n) is 9.42. The van der Waals surface area contributed by atoms with Gasteiger partial charge in [-0.25, -0.2) is 15.0 Å². The zero-order chi connectivity index (χ0) is 20.8. The van der Waals surface area contributed by atoms with Gasteiger partial charge in [-0.05, 0) is 6.92 Å². The third kappa shape index (κ3) is 5.04. The molecule has 3 N–H and O–H groups in total. The predicted molar refractivity (Wildman–Crippen MR) is 109 cm³/mol. The highest BCUT2D eigenvalue weighted by Crippen LogP contribution is 2.16. The van der Waals surface area contributed by atoms with Crippen LogP contribution in [0.4, 0.5) is 0 Å². The molecule has 0 aliphatic carbocycles. The quantitative estimate of drug-likeness (QED) is 0.606. The summed E-state index contributed by atoms with van der Waals surface area (Å²) in [5, 5.41) is 2.90. The maximum absolute atomic E-state index is 12.4. The van der Waals surface area contributed by atoms with E-state index < -0.39 is 5.91 Å². The van der Waals surface area contributed by atoms with Gasteiger partial charge in [-0.2, -0.15) is 0 Å². The van der Waals surface area contributed by atoms with Gasteiger partial charge in [0.2, 0.25) is 5.91 Å². The minimum atomic E-state index is -0.588. The van der Waals surface area contributed by atoms with Crippen LogP contribution in [0.5, 0.6) is 0 Å². The minimum Gasteiger partial charge on any atom is -0.365 e. The summed E-state index contributed by atoms with van der Waals surface area (Å²) in [4.78, 5) is 37.0. The highest BCUT2D eigenvalue weighted by Gasteiger charge is 2.16. The number of carbonyl (C=O) groups excluding carboxylic acids is 2. The second kappa shape index (κ2) is 9.09. The van der Waals surface area contributed by atoms with Crippen LogP contribution in [-0.4, -0.2) is 37.9 Å². The van der Waals surface area contributed by atoms with Gasteiger partial charge in [-0.3, -0.25) is 9.59 Å². The lowest BCUT2D eigenvalue weighted by atomic mass is 10.1. The molecule has 0 fully saturated rings. The molecular weight excluding hydrogens is 368 g/mol. The molecule has 29 heavy (non-hydrogen) atoms. The molecule has 1 unspecified atom stereocenters. The monoisotopic (exact) mass is 392 g/mol. The molecule has 0 aliphatic rings. The molecule has 0 aliphatic heterocycles. The van der Waals surface area contributed by atoms with Crippen LogP contribution in [0.3, 0.4) is 0 Å². The van der Waals surface area contributed by atoms with Crippen molar-refractivity contribution < 1.29 is 9.59 Å². The first-order chi connectivity index (χ1) is 14.0. The summed E-state index contributed by atoms with van der Waals surface area (Å²) in [6.07, 6.45) is 5.39. The lowest BCUT2D eigenvalue weighted by Crippen LogP contribution is -2.33. The van der Waals surface area contributed by atoms with Crippen molar-refractivity contribution >= 4 is 11.8 Å². The third-order valence-corrected chi connectivity index (χ3v) is 4.67. The van der Waals surface area contributed by atoms with Crippen molar-refractivity contribution in [2.75, 3.05) is 6.54 Å². The molecule has 150 valence electrons. The van der Waals surface area contributed by atoms with Crippen LogP contribution in [0.1, 0.15) is 28.8 Å². The van der Waals surface area contributed by atoms with Crippen molar-refractivity contribution in [2.24, 2.45) is 11.7 Å². The lowest BCUT2D eigenvalue weighted by Gasteiger charge is -2.14. The molecule has 0 radical (unpaired) electrons. The maximum Gasteiger partial charge on any atom is 0.252 e. The van der Waals surface area contributed by atoms with Crippen LogP contribution in [0.2, 0.25) is 0 Å². The van der Waals surface area contributed by atoms with E-state index in [2.05, 4.69) is 20.3 Å². The first-order valence-corrected chi connectivity index (χ1v) is 9.42. The summed E-state index contributed by atoms with van der Waals surface area (Å²) in [6.45, 7) is 4.66. The van der Waals surface area contributed by atoms with Gasteiger partial charge in [-0.15, -0.1) is 0 Å². The van der Waals surface area contributed by atoms with E-state index in [-0.39, 0.29) is 17.4 Å². The smallest absolute Gasteiger partial charge is 0.252 e. The minimum absolute atomic E-state index is 0.0731. The van der Waals surface area contributed by atoms with Crippen LogP contribution >= 0.6 is 0 Å². The highest BCUT2D eigenvalue weighted by atomic mass is 16.2. The Labute approximate surface area is 169 Å². The van der Waals surface area contributed by atoms with Gasteiger partial charge >= 0.3 is 0 Å². The molecule has 2 heterocycles. The number of nitrogens with two attached hydrogens (primary N) is 1. The Bertz CT molecular complexity index is 999. The molecule has 0 saturated carbocycles. The zero-order valence-corrected chi connectivity index (χ0v) is 16.5. The molecule has 0 bridgehead atoms. The third-order valence-electron chi connectivity index (χ3n) is 4.67. The summed E-state index contributed by atoms with van der Waals surface area (Å²) in [6, 6.07) is 9.48. The van der Waals surface area contributed by atoms with Gasteiger partial charge in [0, 0.05) is 43.7 Å². The standard InChI is InChI=1S/C21H24N6O2/c1-14(13-27-11-10-23-15(27)2)21(29)24-9-8-18-17(19(22)28)12-25-20(26-18)16-6-4-3-5-7-16/h3-7,10-12,14H,8-9,13H2,1-2H3,(H2,22,28)(H,24,29). The molecule has 0 spiro atoms. The fourth-order valence-corrected chi connectivity index (χ4v) is 2.99. The number of hydrogen-bond donors (Lipinski definition) is 2. The molecule has 0 saturated heterocycles. The number of imidazole rings is 1. The number of rotatable bonds is 8. The number of aromatic nitrogens is 4. The Kier molecular flexibility index (Phi) is 6.33. The topological polar surface area (TPSA) is 116 Å². The Morgan fingerprint density at radius 3 is 2.62 bits per heavy atom. The van der Waals surface area contributed by atoms with Crippen LogP contribution < -0.4 is 11.1 Å². The van der Waals surface area contributed by atoms with Crippen molar-refractivity contribution in [1.29, 1.82) is 0 Å². The van der Waals surface area contributed by atoms with Crippen molar-refractivity contribution in [2.45, 2.75) is 26.8 Å². The molecule has 8 heteroatoms. The molecule has 1 atom stereocenters. The fourth-order valence-electron chi connectivity index (χ4n) is 2.99. The van der Waals surface area contributed by atoms with Gasteiger partial charge in [-0.1, -0.05) is 37.3 Å². The summed E-state index contributed by atoms with van der Waals surface area (Å²) < 4.78 is 1.94. The molecule has 2 aromatic heterocycles. The summed E-state index contributed by atoms with van der Waals surface area (Å²) >= 11 is 0. The van der Waals surface area contributed by atoms with Crippen LogP contribution in [-0.2, 0) is 17.8 Å². The Hall–Kier alpha value is -3.55. The summed E-state index contributed by atoms with van der Waals surface area (Å²) in [7, 11) is 0. The normalized spacial score (nSPS) is 11.8. The van der Waals surface area contributed by atoms with Crippen LogP contribution in [0.15, 0.2) is 48.9 Å². The highest BCUT2D eigenvalue weighted by molar-refractivity contribution is 5.93. The van der Waals surface area contributed by atoms with Crippen molar-refractivity contribution in [1.82, 2.24) is 24.8 Å². The SMILES string of the molecule is Cc1nccn1CC(C)C(=O)NCCc1nc(-c2ccccc2)ncc1C(N)=O. The van der Waals surface area contributed by atoms with Crippen molar-refractivity contribution in [3.8, 4) is 11.4 Å². The van der Waals surface area contributed by atoms with Gasteiger partial charge in [0.15, 0.2) is 5.82 Å². The van der Waals surface area contributed by atoms with Gasteiger partial charge in [0.1, 0.15) is 5.82 Å². The number of nitrogens with zero attached hydrogens (tertiary/aromatic N) is 4. The van der Waals surface area contributed by atoms with E-state index in [0.717, 1.165) is 11.4 Å². The van der Waals surface area contributed by atoms with Crippen LogP contribution in [0, 0.1) is 12.8 Å². The summed E-state index contributed by atoms with van der Waals surface area (Å²) in [5.41, 5.74) is 7.09. The van der Waals surface area contributed by atoms with E-state index in [0.29, 0.717) is 31.0 Å². The van der Waals surface area contributed by atoms with E-state index in [9.17, 15) is 9.59 Å². The van der Waals surface area contributed by atoms with Crippen molar-refractivity contribution in [3.63, 3.8) is 0 Å². The van der Waals surface area contributed by atoms with Gasteiger partial charge in [0.05, 0.1) is 17.2 Å². The summed E-state index contributed by atoms with van der Waals surface area (Å²) in [5.74, 6) is 0.501. The fraction of sp³-hybridized carbons (Fsp3) is 0.286. The Morgan fingerprint density at radius 1 is 1.21 bits per heavy atom. The van der Waals surface area contributed by atoms with Gasteiger partial charge < -0.3 is 15.6 Å². The number of aryl methyl sites for hydroxylation is 1. The number of amides is 2. The predicted octanol–water partition coefficient (Wildman–Crippen LogP) is 1.74. The zero-order valence-electron chi connectivity index (χ0n) is 16.5. The number of nitrogens with one attached hydrogen (secondary N) is 1. The average molecular weight is 392 g/mol. The molecule has 2 amide bonds. The van der Waals surface area contributed by atoms with E-state index >= 15 is 0 Å². The Balaban J connectivity index is 1.65. The molecule has 8 nitrogen and oxygen atoms in total. The largest absolute Gasteiger partial charge is 0.365 e. The first kappa shape index (κ1) is 20.2. The van der Waals surface area contributed by atoms with Gasteiger partial charge in [0.25, 0.3) is 5.91 Å². The molecule has 1 aromatic carbocycles.